The van der Waals surface area contributed by atoms with Crippen LogP contribution >= 0.6 is 11.3 Å². The molecule has 0 radical (unpaired) electrons. The van der Waals surface area contributed by atoms with Gasteiger partial charge in [0, 0.05) is 23.5 Å². The maximum absolute atomic E-state index is 12.2. The Morgan fingerprint density at radius 2 is 2.06 bits per heavy atom. The number of aromatic nitrogens is 3. The third-order valence-electron chi connectivity index (χ3n) is 2.80. The maximum atomic E-state index is 12.2. The number of rotatable bonds is 2. The molecular formula is C13H11N3OS. The Balaban J connectivity index is 2.45. The van der Waals surface area contributed by atoms with E-state index in [1.807, 2.05) is 36.6 Å². The van der Waals surface area contributed by atoms with Gasteiger partial charge in [-0.2, -0.15) is 5.10 Å². The lowest BCUT2D eigenvalue weighted by Gasteiger charge is -2.07. The Kier molecular flexibility index (Phi) is 2.68. The van der Waals surface area contributed by atoms with Crippen LogP contribution in [0.2, 0.25) is 0 Å². The zero-order valence-electron chi connectivity index (χ0n) is 9.83. The molecule has 3 aromatic rings. The number of hydrogen-bond donors (Lipinski definition) is 0. The molecule has 2 aromatic heterocycles. The van der Waals surface area contributed by atoms with Crippen LogP contribution in [0.1, 0.15) is 6.92 Å². The summed E-state index contributed by atoms with van der Waals surface area (Å²) in [5.74, 6) is 0. The van der Waals surface area contributed by atoms with Crippen LogP contribution in [-0.2, 0) is 6.54 Å². The summed E-state index contributed by atoms with van der Waals surface area (Å²) in [7, 11) is 0. The highest BCUT2D eigenvalue weighted by Gasteiger charge is 2.12. The Bertz CT molecular complexity index is 747. The van der Waals surface area contributed by atoms with Crippen molar-refractivity contribution in [1.29, 1.82) is 0 Å². The minimum atomic E-state index is -0.0478. The van der Waals surface area contributed by atoms with Crippen LogP contribution in [0.3, 0.4) is 0 Å². The molecule has 5 heteroatoms. The van der Waals surface area contributed by atoms with E-state index in [0.717, 1.165) is 16.1 Å². The van der Waals surface area contributed by atoms with E-state index >= 15 is 0 Å². The third kappa shape index (κ3) is 1.64. The molecule has 0 fully saturated rings. The summed E-state index contributed by atoms with van der Waals surface area (Å²) in [4.78, 5) is 16.4. The molecule has 90 valence electrons. The SMILES string of the molecule is CCn1nc(-c2nccs2)c2ccccc2c1=O. The highest BCUT2D eigenvalue weighted by Crippen LogP contribution is 2.25. The van der Waals surface area contributed by atoms with Crippen molar-refractivity contribution >= 4 is 22.1 Å². The molecule has 4 nitrogen and oxygen atoms in total. The number of aryl methyl sites for hydroxylation is 1. The fourth-order valence-electron chi connectivity index (χ4n) is 1.95. The smallest absolute Gasteiger partial charge is 0.267 e. The first-order valence-corrected chi connectivity index (χ1v) is 6.59. The maximum Gasteiger partial charge on any atom is 0.274 e. The second-order valence-electron chi connectivity index (χ2n) is 3.85. The molecule has 0 saturated heterocycles. The Hall–Kier alpha value is -2.01. The topological polar surface area (TPSA) is 47.8 Å². The first-order valence-electron chi connectivity index (χ1n) is 5.71. The first kappa shape index (κ1) is 11.1. The monoisotopic (exact) mass is 257 g/mol. The van der Waals surface area contributed by atoms with Crippen LogP contribution in [0.15, 0.2) is 40.6 Å². The van der Waals surface area contributed by atoms with E-state index in [-0.39, 0.29) is 5.56 Å². The van der Waals surface area contributed by atoms with Crippen LogP contribution in [0.25, 0.3) is 21.5 Å². The molecule has 0 bridgehead atoms. The van der Waals surface area contributed by atoms with Gasteiger partial charge in [-0.3, -0.25) is 4.79 Å². The van der Waals surface area contributed by atoms with Gasteiger partial charge < -0.3 is 0 Å². The molecule has 2 heterocycles. The van der Waals surface area contributed by atoms with Crippen LogP contribution < -0.4 is 5.56 Å². The zero-order chi connectivity index (χ0) is 12.5. The second kappa shape index (κ2) is 4.34. The summed E-state index contributed by atoms with van der Waals surface area (Å²) in [5, 5.41) is 8.72. The van der Waals surface area contributed by atoms with E-state index in [0.29, 0.717) is 11.9 Å². The third-order valence-corrected chi connectivity index (χ3v) is 3.58. The molecule has 0 aliphatic carbocycles. The van der Waals surface area contributed by atoms with Crippen LogP contribution in [-0.4, -0.2) is 14.8 Å². The minimum Gasteiger partial charge on any atom is -0.267 e. The molecule has 0 amide bonds. The van der Waals surface area contributed by atoms with E-state index in [2.05, 4.69) is 10.1 Å². The Morgan fingerprint density at radius 3 is 2.72 bits per heavy atom. The van der Waals surface area contributed by atoms with Gasteiger partial charge in [-0.15, -0.1) is 11.3 Å². The molecule has 3 rings (SSSR count). The summed E-state index contributed by atoms with van der Waals surface area (Å²) in [6.45, 7) is 2.47. The van der Waals surface area contributed by atoms with E-state index < -0.39 is 0 Å². The quantitative estimate of drug-likeness (QED) is 0.708. The van der Waals surface area contributed by atoms with Crippen molar-refractivity contribution in [2.75, 3.05) is 0 Å². The molecule has 0 aliphatic rings. The fourth-order valence-corrected chi connectivity index (χ4v) is 2.58. The largest absolute Gasteiger partial charge is 0.274 e. The predicted molar refractivity (Wildman–Crippen MR) is 72.8 cm³/mol. The minimum absolute atomic E-state index is 0.0478. The summed E-state index contributed by atoms with van der Waals surface area (Å²) < 4.78 is 1.49. The van der Waals surface area contributed by atoms with Gasteiger partial charge >= 0.3 is 0 Å². The van der Waals surface area contributed by atoms with Crippen LogP contribution in [0, 0.1) is 0 Å². The number of fused-ring (bicyclic) bond motifs is 1. The normalized spacial score (nSPS) is 10.9. The lowest BCUT2D eigenvalue weighted by molar-refractivity contribution is 0.626. The van der Waals surface area contributed by atoms with Crippen molar-refractivity contribution in [3.63, 3.8) is 0 Å². The molecule has 0 spiro atoms. The number of hydrogen-bond acceptors (Lipinski definition) is 4. The highest BCUT2D eigenvalue weighted by molar-refractivity contribution is 7.13. The molecule has 0 atom stereocenters. The number of nitrogens with zero attached hydrogens (tertiary/aromatic N) is 3. The summed E-state index contributed by atoms with van der Waals surface area (Å²) in [6.07, 6.45) is 1.75. The Morgan fingerprint density at radius 1 is 1.28 bits per heavy atom. The number of benzene rings is 1. The van der Waals surface area contributed by atoms with Gasteiger partial charge in [-0.25, -0.2) is 9.67 Å². The molecule has 0 saturated carbocycles. The van der Waals surface area contributed by atoms with E-state index in [1.54, 1.807) is 6.20 Å². The molecule has 0 unspecified atom stereocenters. The lowest BCUT2D eigenvalue weighted by Crippen LogP contribution is -2.22. The molecule has 0 aliphatic heterocycles. The van der Waals surface area contributed by atoms with Gasteiger partial charge in [-0.05, 0) is 13.0 Å². The van der Waals surface area contributed by atoms with Gasteiger partial charge in [0.2, 0.25) is 0 Å². The average molecular weight is 257 g/mol. The summed E-state index contributed by atoms with van der Waals surface area (Å²) in [6, 6.07) is 7.54. The van der Waals surface area contributed by atoms with Crippen molar-refractivity contribution in [2.45, 2.75) is 13.5 Å². The van der Waals surface area contributed by atoms with E-state index in [4.69, 9.17) is 0 Å². The van der Waals surface area contributed by atoms with Crippen molar-refractivity contribution in [2.24, 2.45) is 0 Å². The van der Waals surface area contributed by atoms with Gasteiger partial charge in [0.15, 0.2) is 0 Å². The highest BCUT2D eigenvalue weighted by atomic mass is 32.1. The predicted octanol–water partition coefficient (Wildman–Crippen LogP) is 2.54. The summed E-state index contributed by atoms with van der Waals surface area (Å²) >= 11 is 1.53. The standard InChI is InChI=1S/C13H11N3OS/c1-2-16-13(17)10-6-4-3-5-9(10)11(15-16)12-14-7-8-18-12/h3-8H,2H2,1H3. The van der Waals surface area contributed by atoms with E-state index in [1.165, 1.54) is 16.0 Å². The van der Waals surface area contributed by atoms with Gasteiger partial charge in [0.25, 0.3) is 5.56 Å². The van der Waals surface area contributed by atoms with Crippen molar-refractivity contribution in [3.8, 4) is 10.7 Å². The molecule has 0 N–H and O–H groups in total. The molecule has 18 heavy (non-hydrogen) atoms. The zero-order valence-corrected chi connectivity index (χ0v) is 10.6. The molecular weight excluding hydrogens is 246 g/mol. The van der Waals surface area contributed by atoms with Gasteiger partial charge in [0.05, 0.1) is 5.39 Å². The van der Waals surface area contributed by atoms with Crippen molar-refractivity contribution in [1.82, 2.24) is 14.8 Å². The average Bonchev–Trinajstić information content (AvgIpc) is 2.93. The van der Waals surface area contributed by atoms with Crippen LogP contribution in [0.5, 0.6) is 0 Å². The van der Waals surface area contributed by atoms with Gasteiger partial charge in [0.1, 0.15) is 10.7 Å². The van der Waals surface area contributed by atoms with Crippen LogP contribution in [0.4, 0.5) is 0 Å². The fraction of sp³-hybridized carbons (Fsp3) is 0.154. The van der Waals surface area contributed by atoms with Gasteiger partial charge in [-0.1, -0.05) is 18.2 Å². The number of thiazole rings is 1. The van der Waals surface area contributed by atoms with Crippen molar-refractivity contribution < 1.29 is 0 Å². The van der Waals surface area contributed by atoms with E-state index in [9.17, 15) is 4.79 Å². The molecule has 1 aromatic carbocycles. The second-order valence-corrected chi connectivity index (χ2v) is 4.75. The first-order chi connectivity index (χ1) is 8.81. The van der Waals surface area contributed by atoms with Crippen molar-refractivity contribution in [3.05, 3.63) is 46.2 Å². The Labute approximate surface area is 108 Å². The summed E-state index contributed by atoms with van der Waals surface area (Å²) in [5.41, 5.74) is 0.732. The lowest BCUT2D eigenvalue weighted by atomic mass is 10.1.